The standard InChI is InChI=1S/C12H17ClF3N3O2/c1-8(7-21-3)19(4-5-20-2)10-6-9(13)17-11(18-10)12(14,15)16/h6,8H,4-5,7H2,1-3H3. The summed E-state index contributed by atoms with van der Waals surface area (Å²) >= 11 is 5.68. The van der Waals surface area contributed by atoms with Gasteiger partial charge in [-0.15, -0.1) is 0 Å². The van der Waals surface area contributed by atoms with Crippen LogP contribution in [0.5, 0.6) is 0 Å². The Kier molecular flexibility index (Phi) is 6.63. The number of hydrogen-bond acceptors (Lipinski definition) is 5. The summed E-state index contributed by atoms with van der Waals surface area (Å²) in [6.45, 7) is 2.82. The van der Waals surface area contributed by atoms with Gasteiger partial charge in [0.1, 0.15) is 11.0 Å². The van der Waals surface area contributed by atoms with Gasteiger partial charge in [0, 0.05) is 26.8 Å². The second kappa shape index (κ2) is 7.77. The molecule has 0 bridgehead atoms. The zero-order chi connectivity index (χ0) is 16.0. The van der Waals surface area contributed by atoms with Gasteiger partial charge in [0.25, 0.3) is 0 Å². The molecule has 1 heterocycles. The van der Waals surface area contributed by atoms with Crippen molar-refractivity contribution in [2.75, 3.05) is 38.9 Å². The lowest BCUT2D eigenvalue weighted by molar-refractivity contribution is -0.144. The van der Waals surface area contributed by atoms with Crippen LogP contribution in [0.15, 0.2) is 6.07 Å². The predicted octanol–water partition coefficient (Wildman–Crippen LogP) is 2.64. The van der Waals surface area contributed by atoms with E-state index in [1.807, 2.05) is 6.92 Å². The first-order valence-electron chi connectivity index (χ1n) is 6.16. The third kappa shape index (κ3) is 5.29. The van der Waals surface area contributed by atoms with Crippen LogP contribution in [0.25, 0.3) is 0 Å². The Balaban J connectivity index is 3.14. The molecule has 0 amide bonds. The minimum atomic E-state index is -4.66. The quantitative estimate of drug-likeness (QED) is 0.721. The summed E-state index contributed by atoms with van der Waals surface area (Å²) in [5, 5.41) is -0.264. The minimum Gasteiger partial charge on any atom is -0.383 e. The molecule has 9 heteroatoms. The van der Waals surface area contributed by atoms with E-state index in [2.05, 4.69) is 9.97 Å². The Hall–Kier alpha value is -1.12. The SMILES string of the molecule is COCCN(c1cc(Cl)nc(C(F)(F)F)n1)C(C)COC. The van der Waals surface area contributed by atoms with Crippen molar-refractivity contribution in [3.8, 4) is 0 Å². The Morgan fingerprint density at radius 2 is 1.95 bits per heavy atom. The normalized spacial score (nSPS) is 13.3. The van der Waals surface area contributed by atoms with Crippen molar-refractivity contribution < 1.29 is 22.6 Å². The molecule has 0 spiro atoms. The summed E-state index contributed by atoms with van der Waals surface area (Å²) in [6, 6.07) is 1.09. The number of rotatable bonds is 7. The zero-order valence-corrected chi connectivity index (χ0v) is 12.7. The third-order valence-corrected chi connectivity index (χ3v) is 2.90. The van der Waals surface area contributed by atoms with E-state index in [0.29, 0.717) is 19.8 Å². The van der Waals surface area contributed by atoms with Gasteiger partial charge in [-0.05, 0) is 6.92 Å². The minimum absolute atomic E-state index is 0.0870. The maximum absolute atomic E-state index is 12.8. The molecule has 0 saturated heterocycles. The second-order valence-corrected chi connectivity index (χ2v) is 4.75. The first-order chi connectivity index (χ1) is 9.79. The molecule has 1 aromatic heterocycles. The van der Waals surface area contributed by atoms with Crippen LogP contribution in [-0.2, 0) is 15.7 Å². The number of aromatic nitrogens is 2. The molecule has 0 N–H and O–H groups in total. The Morgan fingerprint density at radius 3 is 2.48 bits per heavy atom. The van der Waals surface area contributed by atoms with E-state index in [0.717, 1.165) is 0 Å². The molecular formula is C12H17ClF3N3O2. The number of ether oxygens (including phenoxy) is 2. The maximum atomic E-state index is 12.8. The highest BCUT2D eigenvalue weighted by Crippen LogP contribution is 2.29. The zero-order valence-electron chi connectivity index (χ0n) is 11.9. The van der Waals surface area contributed by atoms with E-state index in [9.17, 15) is 13.2 Å². The molecular weight excluding hydrogens is 311 g/mol. The average molecular weight is 328 g/mol. The average Bonchev–Trinajstić information content (AvgIpc) is 2.38. The summed E-state index contributed by atoms with van der Waals surface area (Å²) in [5.74, 6) is -1.18. The van der Waals surface area contributed by atoms with Crippen molar-refractivity contribution in [2.24, 2.45) is 0 Å². The van der Waals surface area contributed by atoms with E-state index < -0.39 is 12.0 Å². The van der Waals surface area contributed by atoms with Crippen molar-refractivity contribution in [1.82, 2.24) is 9.97 Å². The molecule has 0 aliphatic carbocycles. The fourth-order valence-corrected chi connectivity index (χ4v) is 1.94. The monoisotopic (exact) mass is 327 g/mol. The Morgan fingerprint density at radius 1 is 1.29 bits per heavy atom. The van der Waals surface area contributed by atoms with Crippen molar-refractivity contribution in [1.29, 1.82) is 0 Å². The Labute approximate surface area is 126 Å². The summed E-state index contributed by atoms with van der Waals surface area (Å²) in [6.07, 6.45) is -4.66. The Bertz CT molecular complexity index is 460. The van der Waals surface area contributed by atoms with Gasteiger partial charge in [-0.2, -0.15) is 13.2 Å². The molecule has 21 heavy (non-hydrogen) atoms. The number of alkyl halides is 3. The van der Waals surface area contributed by atoms with Gasteiger partial charge in [-0.3, -0.25) is 0 Å². The highest BCUT2D eigenvalue weighted by atomic mass is 35.5. The molecule has 5 nitrogen and oxygen atoms in total. The third-order valence-electron chi connectivity index (χ3n) is 2.71. The fraction of sp³-hybridized carbons (Fsp3) is 0.667. The molecule has 1 rings (SSSR count). The van der Waals surface area contributed by atoms with Gasteiger partial charge in [0.2, 0.25) is 5.82 Å². The van der Waals surface area contributed by atoms with Gasteiger partial charge in [-0.1, -0.05) is 11.6 Å². The molecule has 0 fully saturated rings. The molecule has 0 aliphatic rings. The molecule has 0 aliphatic heterocycles. The first kappa shape index (κ1) is 17.9. The lowest BCUT2D eigenvalue weighted by Crippen LogP contribution is -2.39. The van der Waals surface area contributed by atoms with Crippen LogP contribution in [0.1, 0.15) is 12.7 Å². The number of methoxy groups -OCH3 is 2. The van der Waals surface area contributed by atoms with E-state index in [1.54, 1.807) is 4.90 Å². The van der Waals surface area contributed by atoms with E-state index in [1.165, 1.54) is 20.3 Å². The van der Waals surface area contributed by atoms with Crippen LogP contribution in [0.4, 0.5) is 19.0 Å². The lowest BCUT2D eigenvalue weighted by atomic mass is 10.3. The maximum Gasteiger partial charge on any atom is 0.451 e. The van der Waals surface area contributed by atoms with E-state index in [4.69, 9.17) is 21.1 Å². The molecule has 0 radical (unpaired) electrons. The van der Waals surface area contributed by atoms with Gasteiger partial charge in [0.05, 0.1) is 19.3 Å². The van der Waals surface area contributed by atoms with Gasteiger partial charge in [0.15, 0.2) is 0 Å². The number of anilines is 1. The predicted molar refractivity (Wildman–Crippen MR) is 72.6 cm³/mol. The van der Waals surface area contributed by atoms with Crippen LogP contribution in [0.2, 0.25) is 5.15 Å². The van der Waals surface area contributed by atoms with E-state index >= 15 is 0 Å². The topological polar surface area (TPSA) is 47.5 Å². The van der Waals surface area contributed by atoms with Gasteiger partial charge < -0.3 is 14.4 Å². The molecule has 0 aromatic carbocycles. The highest BCUT2D eigenvalue weighted by Gasteiger charge is 2.36. The second-order valence-electron chi connectivity index (χ2n) is 4.36. The van der Waals surface area contributed by atoms with Crippen molar-refractivity contribution in [3.63, 3.8) is 0 Å². The van der Waals surface area contributed by atoms with E-state index in [-0.39, 0.29) is 17.0 Å². The lowest BCUT2D eigenvalue weighted by Gasteiger charge is -2.30. The summed E-state index contributed by atoms with van der Waals surface area (Å²) < 4.78 is 48.3. The van der Waals surface area contributed by atoms with Crippen LogP contribution in [0.3, 0.4) is 0 Å². The van der Waals surface area contributed by atoms with Crippen molar-refractivity contribution >= 4 is 17.4 Å². The number of nitrogens with zero attached hydrogens (tertiary/aromatic N) is 3. The molecule has 1 aromatic rings. The van der Waals surface area contributed by atoms with Crippen LogP contribution in [-0.4, -0.2) is 50.0 Å². The van der Waals surface area contributed by atoms with Crippen molar-refractivity contribution in [3.05, 3.63) is 17.0 Å². The van der Waals surface area contributed by atoms with Crippen LogP contribution in [0, 0.1) is 0 Å². The smallest absolute Gasteiger partial charge is 0.383 e. The first-order valence-corrected chi connectivity index (χ1v) is 6.53. The van der Waals surface area contributed by atoms with Crippen molar-refractivity contribution in [2.45, 2.75) is 19.1 Å². The largest absolute Gasteiger partial charge is 0.451 e. The van der Waals surface area contributed by atoms with Gasteiger partial charge >= 0.3 is 6.18 Å². The highest BCUT2D eigenvalue weighted by molar-refractivity contribution is 6.29. The summed E-state index contributed by atoms with van der Waals surface area (Å²) in [7, 11) is 3.02. The fourth-order valence-electron chi connectivity index (χ4n) is 1.76. The summed E-state index contributed by atoms with van der Waals surface area (Å²) in [5.41, 5.74) is 0. The van der Waals surface area contributed by atoms with Gasteiger partial charge in [-0.25, -0.2) is 9.97 Å². The van der Waals surface area contributed by atoms with Crippen LogP contribution < -0.4 is 4.90 Å². The summed E-state index contributed by atoms with van der Waals surface area (Å²) in [4.78, 5) is 8.40. The molecule has 1 unspecified atom stereocenters. The molecule has 120 valence electrons. The van der Waals surface area contributed by atoms with Crippen LogP contribution >= 0.6 is 11.6 Å². The molecule has 1 atom stereocenters. The molecule has 0 saturated carbocycles. The number of halogens is 4. The number of hydrogen-bond donors (Lipinski definition) is 0.